The highest BCUT2D eigenvalue weighted by molar-refractivity contribution is 7.94. The largest absolute Gasteiger partial charge is 0.421 e. The summed E-state index contributed by atoms with van der Waals surface area (Å²) < 4.78 is 11.7. The van der Waals surface area contributed by atoms with Gasteiger partial charge in [0.05, 0.1) is 42.4 Å². The van der Waals surface area contributed by atoms with Crippen LogP contribution in [-0.2, 0) is 10.5 Å². The molecule has 4 aliphatic rings. The van der Waals surface area contributed by atoms with E-state index in [-0.39, 0.29) is 0 Å². The van der Waals surface area contributed by atoms with Gasteiger partial charge in [-0.2, -0.15) is 0 Å². The zero-order valence-corrected chi connectivity index (χ0v) is 20.2. The normalized spacial score (nSPS) is 24.2. The first-order chi connectivity index (χ1) is 16.2. The summed E-state index contributed by atoms with van der Waals surface area (Å²) in [6.07, 6.45) is 3.18. The smallest absolute Gasteiger partial charge is 0.181 e. The SMILES string of the molecule is Cc1nc(C2CN(C3CCN(C)C3)C2)cc2c1OSCc1c(N3CCOCC3)ccnc1N2. The summed E-state index contributed by atoms with van der Waals surface area (Å²) in [6.45, 7) is 9.96. The molecule has 0 bridgehead atoms. The number of hydrogen-bond donors (Lipinski definition) is 1. The van der Waals surface area contributed by atoms with Gasteiger partial charge < -0.3 is 24.0 Å². The highest BCUT2D eigenvalue weighted by atomic mass is 32.2. The third kappa shape index (κ3) is 4.16. The van der Waals surface area contributed by atoms with Crippen molar-refractivity contribution in [1.82, 2.24) is 19.8 Å². The van der Waals surface area contributed by atoms with Crippen LogP contribution in [0.15, 0.2) is 18.3 Å². The molecule has 1 unspecified atom stereocenters. The Hall–Kier alpha value is -2.07. The fourth-order valence-electron chi connectivity index (χ4n) is 5.41. The molecule has 176 valence electrons. The molecule has 1 N–H and O–H groups in total. The Morgan fingerprint density at radius 1 is 1.15 bits per heavy atom. The number of aromatic nitrogens is 2. The summed E-state index contributed by atoms with van der Waals surface area (Å²) in [5.74, 6) is 2.95. The van der Waals surface area contributed by atoms with E-state index in [0.717, 1.165) is 73.8 Å². The summed E-state index contributed by atoms with van der Waals surface area (Å²) in [7, 11) is 2.22. The first-order valence-electron chi connectivity index (χ1n) is 12.0. The second-order valence-electron chi connectivity index (χ2n) is 9.59. The van der Waals surface area contributed by atoms with Crippen LogP contribution in [0.25, 0.3) is 0 Å². The molecule has 33 heavy (non-hydrogen) atoms. The fourth-order valence-corrected chi connectivity index (χ4v) is 6.20. The Bertz CT molecular complexity index is 1020. The maximum atomic E-state index is 6.16. The van der Waals surface area contributed by atoms with E-state index in [9.17, 15) is 0 Å². The number of ether oxygens (including phenoxy) is 1. The minimum absolute atomic E-state index is 0.479. The quantitative estimate of drug-likeness (QED) is 0.685. The van der Waals surface area contributed by atoms with E-state index in [1.165, 1.54) is 42.8 Å². The van der Waals surface area contributed by atoms with Crippen molar-refractivity contribution in [2.75, 3.05) is 69.7 Å². The lowest BCUT2D eigenvalue weighted by Gasteiger charge is -2.43. The Morgan fingerprint density at radius 2 is 2.00 bits per heavy atom. The van der Waals surface area contributed by atoms with Gasteiger partial charge in [0.25, 0.3) is 0 Å². The number of rotatable bonds is 3. The van der Waals surface area contributed by atoms with Crippen LogP contribution in [0.5, 0.6) is 5.75 Å². The fraction of sp³-hybridized carbons (Fsp3) is 0.583. The summed E-state index contributed by atoms with van der Waals surface area (Å²) in [6, 6.07) is 5.00. The standard InChI is InChI=1S/C24H32N6O2S/c1-16-23-21(11-20(26-16)17-12-30(13-17)18-4-6-28(2)14-18)27-24-19(15-33-32-23)22(3-5-25-24)29-7-9-31-10-8-29/h3,5,11,17-18H,4,6-10,12-15H2,1-2H3,(H,25,27). The molecule has 2 aromatic heterocycles. The number of hydrogen-bond acceptors (Lipinski definition) is 9. The van der Waals surface area contributed by atoms with E-state index in [1.54, 1.807) is 0 Å². The van der Waals surface area contributed by atoms with E-state index < -0.39 is 0 Å². The second-order valence-corrected chi connectivity index (χ2v) is 10.3. The number of nitrogens with one attached hydrogen (secondary N) is 1. The van der Waals surface area contributed by atoms with Crippen molar-refractivity contribution in [3.8, 4) is 5.75 Å². The molecule has 3 fully saturated rings. The van der Waals surface area contributed by atoms with Gasteiger partial charge in [-0.3, -0.25) is 9.88 Å². The molecule has 6 rings (SSSR count). The van der Waals surface area contributed by atoms with Gasteiger partial charge in [0, 0.05) is 67.8 Å². The van der Waals surface area contributed by atoms with Crippen LogP contribution in [0, 0.1) is 6.92 Å². The second kappa shape index (κ2) is 8.94. The Balaban J connectivity index is 1.25. The number of nitrogens with zero attached hydrogens (tertiary/aromatic N) is 5. The van der Waals surface area contributed by atoms with Crippen molar-refractivity contribution < 1.29 is 8.92 Å². The number of anilines is 3. The lowest BCUT2D eigenvalue weighted by atomic mass is 9.92. The van der Waals surface area contributed by atoms with Crippen LogP contribution in [-0.4, -0.2) is 85.3 Å². The summed E-state index contributed by atoms with van der Waals surface area (Å²) >= 11 is 1.47. The van der Waals surface area contributed by atoms with Gasteiger partial charge in [0.1, 0.15) is 5.82 Å². The first-order valence-corrected chi connectivity index (χ1v) is 12.9. The Labute approximate surface area is 199 Å². The first kappa shape index (κ1) is 21.5. The number of likely N-dealkylation sites (tertiary alicyclic amines) is 2. The molecule has 6 heterocycles. The number of fused-ring (bicyclic) bond motifs is 2. The number of pyridine rings is 2. The average molecular weight is 469 g/mol. The zero-order chi connectivity index (χ0) is 22.4. The molecule has 9 heteroatoms. The molecule has 0 aliphatic carbocycles. The summed E-state index contributed by atoms with van der Waals surface area (Å²) in [5.41, 5.74) is 5.47. The lowest BCUT2D eigenvalue weighted by Crippen LogP contribution is -2.51. The minimum atomic E-state index is 0.479. The molecule has 3 saturated heterocycles. The topological polar surface area (TPSA) is 66.0 Å². The lowest BCUT2D eigenvalue weighted by molar-refractivity contribution is 0.0939. The number of aryl methyl sites for hydroxylation is 1. The van der Waals surface area contributed by atoms with E-state index in [2.05, 4.69) is 39.2 Å². The van der Waals surface area contributed by atoms with Crippen LogP contribution < -0.4 is 14.4 Å². The van der Waals surface area contributed by atoms with E-state index in [4.69, 9.17) is 18.9 Å². The van der Waals surface area contributed by atoms with Crippen LogP contribution in [0.4, 0.5) is 17.2 Å². The van der Waals surface area contributed by atoms with E-state index >= 15 is 0 Å². The average Bonchev–Trinajstić information content (AvgIpc) is 3.19. The maximum absolute atomic E-state index is 6.16. The van der Waals surface area contributed by atoms with Crippen molar-refractivity contribution in [2.45, 2.75) is 31.1 Å². The third-order valence-corrected chi connectivity index (χ3v) is 8.05. The highest BCUT2D eigenvalue weighted by Crippen LogP contribution is 2.42. The van der Waals surface area contributed by atoms with Crippen molar-refractivity contribution in [2.24, 2.45) is 0 Å². The molecule has 0 amide bonds. The van der Waals surface area contributed by atoms with E-state index in [1.807, 2.05) is 13.1 Å². The Kier molecular flexibility index (Phi) is 5.82. The molecular formula is C24H32N6O2S. The van der Waals surface area contributed by atoms with Crippen molar-refractivity contribution in [3.63, 3.8) is 0 Å². The zero-order valence-electron chi connectivity index (χ0n) is 19.4. The number of morpholine rings is 1. The van der Waals surface area contributed by atoms with Crippen molar-refractivity contribution in [1.29, 1.82) is 0 Å². The van der Waals surface area contributed by atoms with Gasteiger partial charge in [0.2, 0.25) is 0 Å². The van der Waals surface area contributed by atoms with Crippen molar-refractivity contribution in [3.05, 3.63) is 35.3 Å². The monoisotopic (exact) mass is 468 g/mol. The van der Waals surface area contributed by atoms with Gasteiger partial charge in [-0.25, -0.2) is 4.98 Å². The Morgan fingerprint density at radius 3 is 2.79 bits per heavy atom. The maximum Gasteiger partial charge on any atom is 0.181 e. The molecule has 0 saturated carbocycles. The predicted octanol–water partition coefficient (Wildman–Crippen LogP) is 3.01. The molecular weight excluding hydrogens is 436 g/mol. The molecule has 0 radical (unpaired) electrons. The van der Waals surface area contributed by atoms with Crippen LogP contribution in [0.3, 0.4) is 0 Å². The predicted molar refractivity (Wildman–Crippen MR) is 132 cm³/mol. The van der Waals surface area contributed by atoms with Gasteiger partial charge in [-0.15, -0.1) is 0 Å². The number of likely N-dealkylation sites (N-methyl/N-ethyl adjacent to an activating group) is 1. The van der Waals surface area contributed by atoms with E-state index in [0.29, 0.717) is 12.0 Å². The minimum Gasteiger partial charge on any atom is -0.421 e. The third-order valence-electron chi connectivity index (χ3n) is 7.35. The van der Waals surface area contributed by atoms with Gasteiger partial charge in [-0.1, -0.05) is 0 Å². The van der Waals surface area contributed by atoms with Crippen LogP contribution in [0.1, 0.15) is 29.3 Å². The molecule has 1 atom stereocenters. The molecule has 0 aromatic carbocycles. The van der Waals surface area contributed by atoms with Gasteiger partial charge in [0.15, 0.2) is 5.75 Å². The van der Waals surface area contributed by atoms with Gasteiger partial charge >= 0.3 is 0 Å². The van der Waals surface area contributed by atoms with Gasteiger partial charge in [-0.05, 0) is 39.1 Å². The molecule has 0 spiro atoms. The van der Waals surface area contributed by atoms with Crippen LogP contribution >= 0.6 is 12.0 Å². The molecule has 2 aromatic rings. The van der Waals surface area contributed by atoms with Crippen LogP contribution in [0.2, 0.25) is 0 Å². The highest BCUT2D eigenvalue weighted by Gasteiger charge is 2.37. The van der Waals surface area contributed by atoms with Crippen molar-refractivity contribution >= 4 is 29.2 Å². The summed E-state index contributed by atoms with van der Waals surface area (Å²) in [4.78, 5) is 17.1. The molecule has 8 nitrogen and oxygen atoms in total. The molecule has 4 aliphatic heterocycles. The summed E-state index contributed by atoms with van der Waals surface area (Å²) in [5, 5.41) is 3.61.